The summed E-state index contributed by atoms with van der Waals surface area (Å²) in [4.78, 5) is 4.34. The van der Waals surface area contributed by atoms with Crippen LogP contribution in [0, 0.1) is 0 Å². The van der Waals surface area contributed by atoms with Crippen molar-refractivity contribution in [3.8, 4) is 0 Å². The standard InChI is InChI=1S/C11H18N2/c1-4-9(11(2,3)12)10-7-5-6-8-13-10/h5-9H,4,12H2,1-3H3. The molecule has 0 saturated heterocycles. The molecule has 0 saturated carbocycles. The predicted molar refractivity (Wildman–Crippen MR) is 55.5 cm³/mol. The monoisotopic (exact) mass is 178 g/mol. The first-order valence-corrected chi connectivity index (χ1v) is 4.75. The summed E-state index contributed by atoms with van der Waals surface area (Å²) in [6.45, 7) is 6.25. The highest BCUT2D eigenvalue weighted by Gasteiger charge is 2.25. The average molecular weight is 178 g/mol. The average Bonchev–Trinajstić information content (AvgIpc) is 2.05. The maximum Gasteiger partial charge on any atom is 0.0452 e. The Morgan fingerprint density at radius 2 is 2.15 bits per heavy atom. The summed E-state index contributed by atoms with van der Waals surface area (Å²) in [5.41, 5.74) is 6.99. The second-order valence-electron chi connectivity index (χ2n) is 4.04. The molecule has 1 rings (SSSR count). The third kappa shape index (κ3) is 2.52. The van der Waals surface area contributed by atoms with Gasteiger partial charge in [0.05, 0.1) is 0 Å². The van der Waals surface area contributed by atoms with E-state index in [2.05, 4.69) is 25.8 Å². The van der Waals surface area contributed by atoms with Gasteiger partial charge < -0.3 is 5.73 Å². The van der Waals surface area contributed by atoms with E-state index in [1.54, 1.807) is 0 Å². The maximum absolute atomic E-state index is 6.08. The van der Waals surface area contributed by atoms with Crippen molar-refractivity contribution in [2.24, 2.45) is 5.73 Å². The van der Waals surface area contributed by atoms with Crippen LogP contribution in [0.1, 0.15) is 38.8 Å². The van der Waals surface area contributed by atoms with E-state index >= 15 is 0 Å². The lowest BCUT2D eigenvalue weighted by Gasteiger charge is -2.29. The van der Waals surface area contributed by atoms with Gasteiger partial charge in [0, 0.05) is 23.3 Å². The third-order valence-corrected chi connectivity index (χ3v) is 2.35. The fourth-order valence-electron chi connectivity index (χ4n) is 1.70. The molecule has 2 N–H and O–H groups in total. The van der Waals surface area contributed by atoms with Gasteiger partial charge in [-0.3, -0.25) is 4.98 Å². The quantitative estimate of drug-likeness (QED) is 0.771. The van der Waals surface area contributed by atoms with Gasteiger partial charge in [0.25, 0.3) is 0 Å². The molecule has 1 heterocycles. The molecule has 1 aromatic heterocycles. The molecule has 0 bridgehead atoms. The third-order valence-electron chi connectivity index (χ3n) is 2.35. The van der Waals surface area contributed by atoms with Crippen molar-refractivity contribution in [2.75, 3.05) is 0 Å². The number of hydrogen-bond acceptors (Lipinski definition) is 2. The summed E-state index contributed by atoms with van der Waals surface area (Å²) < 4.78 is 0. The molecule has 1 atom stereocenters. The highest BCUT2D eigenvalue weighted by atomic mass is 14.8. The molecule has 0 spiro atoms. The molecular formula is C11H18N2. The molecule has 0 aromatic carbocycles. The summed E-state index contributed by atoms with van der Waals surface area (Å²) in [7, 11) is 0. The highest BCUT2D eigenvalue weighted by Crippen LogP contribution is 2.27. The van der Waals surface area contributed by atoms with Crippen LogP contribution in [0.2, 0.25) is 0 Å². The molecule has 2 nitrogen and oxygen atoms in total. The van der Waals surface area contributed by atoms with Crippen LogP contribution in [0.25, 0.3) is 0 Å². The number of nitrogens with two attached hydrogens (primary N) is 1. The molecule has 2 heteroatoms. The van der Waals surface area contributed by atoms with Crippen molar-refractivity contribution in [1.29, 1.82) is 0 Å². The number of pyridine rings is 1. The zero-order chi connectivity index (χ0) is 9.90. The van der Waals surface area contributed by atoms with Crippen molar-refractivity contribution in [3.63, 3.8) is 0 Å². The second kappa shape index (κ2) is 3.88. The Kier molecular flexibility index (Phi) is 3.04. The lowest BCUT2D eigenvalue weighted by molar-refractivity contribution is 0.394. The molecular weight excluding hydrogens is 160 g/mol. The summed E-state index contributed by atoms with van der Waals surface area (Å²) in [5.74, 6) is 0.341. The first-order chi connectivity index (χ1) is 6.05. The fourth-order valence-corrected chi connectivity index (χ4v) is 1.70. The van der Waals surface area contributed by atoms with Crippen LogP contribution < -0.4 is 5.73 Å². The van der Waals surface area contributed by atoms with Gasteiger partial charge in [0.2, 0.25) is 0 Å². The maximum atomic E-state index is 6.08. The van der Waals surface area contributed by atoms with Gasteiger partial charge in [-0.05, 0) is 32.4 Å². The van der Waals surface area contributed by atoms with Crippen LogP contribution in [-0.2, 0) is 0 Å². The van der Waals surface area contributed by atoms with Gasteiger partial charge in [0.15, 0.2) is 0 Å². The number of rotatable bonds is 3. The zero-order valence-electron chi connectivity index (χ0n) is 8.62. The smallest absolute Gasteiger partial charge is 0.0452 e. The van der Waals surface area contributed by atoms with Crippen LogP contribution in [0.15, 0.2) is 24.4 Å². The van der Waals surface area contributed by atoms with E-state index in [-0.39, 0.29) is 5.54 Å². The first-order valence-electron chi connectivity index (χ1n) is 4.75. The lowest BCUT2D eigenvalue weighted by atomic mass is 9.83. The van der Waals surface area contributed by atoms with Crippen LogP contribution in [0.5, 0.6) is 0 Å². The molecule has 0 fully saturated rings. The molecule has 1 aromatic rings. The van der Waals surface area contributed by atoms with Crippen molar-refractivity contribution in [1.82, 2.24) is 4.98 Å². The summed E-state index contributed by atoms with van der Waals surface area (Å²) in [5, 5.41) is 0. The summed E-state index contributed by atoms with van der Waals surface area (Å²) in [6.07, 6.45) is 2.85. The van der Waals surface area contributed by atoms with E-state index in [0.29, 0.717) is 5.92 Å². The van der Waals surface area contributed by atoms with Gasteiger partial charge in [0.1, 0.15) is 0 Å². The Balaban J connectivity index is 2.92. The number of aromatic nitrogens is 1. The lowest BCUT2D eigenvalue weighted by Crippen LogP contribution is -2.39. The molecule has 0 aliphatic rings. The minimum Gasteiger partial charge on any atom is -0.325 e. The van der Waals surface area contributed by atoms with E-state index in [1.165, 1.54) is 0 Å². The Hall–Kier alpha value is -0.890. The fraction of sp³-hybridized carbons (Fsp3) is 0.545. The summed E-state index contributed by atoms with van der Waals surface area (Å²) >= 11 is 0. The molecule has 0 amide bonds. The van der Waals surface area contributed by atoms with E-state index in [1.807, 2.05) is 24.4 Å². The van der Waals surface area contributed by atoms with Crippen molar-refractivity contribution >= 4 is 0 Å². The van der Waals surface area contributed by atoms with Crippen LogP contribution in [-0.4, -0.2) is 10.5 Å². The van der Waals surface area contributed by atoms with E-state index in [0.717, 1.165) is 12.1 Å². The van der Waals surface area contributed by atoms with Crippen molar-refractivity contribution < 1.29 is 0 Å². The van der Waals surface area contributed by atoms with Gasteiger partial charge in [-0.15, -0.1) is 0 Å². The SMILES string of the molecule is CCC(c1ccccn1)C(C)(C)N. The molecule has 72 valence electrons. The normalized spacial score (nSPS) is 14.2. The van der Waals surface area contributed by atoms with E-state index in [4.69, 9.17) is 5.73 Å². The van der Waals surface area contributed by atoms with Gasteiger partial charge in [-0.1, -0.05) is 13.0 Å². The van der Waals surface area contributed by atoms with Crippen LogP contribution in [0.3, 0.4) is 0 Å². The van der Waals surface area contributed by atoms with Gasteiger partial charge >= 0.3 is 0 Å². The van der Waals surface area contributed by atoms with Crippen molar-refractivity contribution in [3.05, 3.63) is 30.1 Å². The van der Waals surface area contributed by atoms with Gasteiger partial charge in [-0.25, -0.2) is 0 Å². The van der Waals surface area contributed by atoms with E-state index in [9.17, 15) is 0 Å². The second-order valence-corrected chi connectivity index (χ2v) is 4.04. The van der Waals surface area contributed by atoms with Crippen molar-refractivity contribution in [2.45, 2.75) is 38.6 Å². The minimum absolute atomic E-state index is 0.191. The predicted octanol–water partition coefficient (Wildman–Crippen LogP) is 2.31. The molecule has 0 aliphatic carbocycles. The Bertz CT molecular complexity index is 249. The Morgan fingerprint density at radius 1 is 1.46 bits per heavy atom. The molecule has 13 heavy (non-hydrogen) atoms. The largest absolute Gasteiger partial charge is 0.325 e. The topological polar surface area (TPSA) is 38.9 Å². The number of hydrogen-bond donors (Lipinski definition) is 1. The Labute approximate surface area is 80.2 Å². The minimum atomic E-state index is -0.191. The molecule has 0 aliphatic heterocycles. The number of nitrogens with zero attached hydrogens (tertiary/aromatic N) is 1. The first kappa shape index (κ1) is 10.2. The van der Waals surface area contributed by atoms with E-state index < -0.39 is 0 Å². The van der Waals surface area contributed by atoms with Crippen LogP contribution in [0.4, 0.5) is 0 Å². The molecule has 1 unspecified atom stereocenters. The molecule has 0 radical (unpaired) electrons. The van der Waals surface area contributed by atoms with Crippen LogP contribution >= 0.6 is 0 Å². The van der Waals surface area contributed by atoms with Gasteiger partial charge in [-0.2, -0.15) is 0 Å². The zero-order valence-corrected chi connectivity index (χ0v) is 8.62. The summed E-state index contributed by atoms with van der Waals surface area (Å²) in [6, 6.07) is 5.99. The Morgan fingerprint density at radius 3 is 2.54 bits per heavy atom. The highest BCUT2D eigenvalue weighted by molar-refractivity contribution is 5.14.